The third kappa shape index (κ3) is 3.99. The molecule has 3 nitrogen and oxygen atoms in total. The summed E-state index contributed by atoms with van der Waals surface area (Å²) in [6, 6.07) is 10.1. The smallest absolute Gasteiger partial charge is 0.0440 e. The quantitative estimate of drug-likeness (QED) is 0.291. The maximum atomic E-state index is 8.01. The molecule has 0 spiro atoms. The summed E-state index contributed by atoms with van der Waals surface area (Å²) in [5.74, 6) is 0. The molecule has 0 heterocycles. The summed E-state index contributed by atoms with van der Waals surface area (Å²) in [7, 11) is 0. The molecule has 0 aliphatic carbocycles. The van der Waals surface area contributed by atoms with Crippen molar-refractivity contribution in [2.45, 2.75) is 6.42 Å². The monoisotopic (exact) mass is 173 g/mol. The molecule has 0 saturated heterocycles. The standard InChI is InChI=1S/C10H11N3/c11-13-12-9-5-4-8-10-6-2-1-3-7-10/h1-7H,8-9H2/b5-4+. The first kappa shape index (κ1) is 9.36. The number of nitrogens with zero attached hydrogens (tertiary/aromatic N) is 3. The summed E-state index contributed by atoms with van der Waals surface area (Å²) in [5.41, 5.74) is 9.27. The van der Waals surface area contributed by atoms with E-state index in [2.05, 4.69) is 22.2 Å². The van der Waals surface area contributed by atoms with Crippen LogP contribution in [0.15, 0.2) is 47.6 Å². The average Bonchev–Trinajstić information content (AvgIpc) is 2.19. The highest BCUT2D eigenvalue weighted by molar-refractivity contribution is 5.17. The van der Waals surface area contributed by atoms with Crippen LogP contribution in [0.1, 0.15) is 5.56 Å². The van der Waals surface area contributed by atoms with Crippen LogP contribution in [-0.4, -0.2) is 6.54 Å². The Morgan fingerprint density at radius 3 is 2.69 bits per heavy atom. The fourth-order valence-electron chi connectivity index (χ4n) is 0.992. The van der Waals surface area contributed by atoms with Gasteiger partial charge in [0.05, 0.1) is 0 Å². The molecule has 13 heavy (non-hydrogen) atoms. The lowest BCUT2D eigenvalue weighted by Gasteiger charge is -1.92. The number of rotatable bonds is 4. The lowest BCUT2D eigenvalue weighted by atomic mass is 10.1. The Morgan fingerprint density at radius 2 is 2.00 bits per heavy atom. The van der Waals surface area contributed by atoms with Crippen LogP contribution < -0.4 is 0 Å². The summed E-state index contributed by atoms with van der Waals surface area (Å²) in [5, 5.41) is 3.40. The molecule has 0 unspecified atom stereocenters. The van der Waals surface area contributed by atoms with E-state index in [1.54, 1.807) is 0 Å². The van der Waals surface area contributed by atoms with Crippen molar-refractivity contribution in [1.29, 1.82) is 0 Å². The highest BCUT2D eigenvalue weighted by Gasteiger charge is 1.84. The molecule has 0 fully saturated rings. The first-order valence-corrected chi connectivity index (χ1v) is 4.13. The van der Waals surface area contributed by atoms with Crippen LogP contribution in [0.2, 0.25) is 0 Å². The van der Waals surface area contributed by atoms with Crippen LogP contribution in [0, 0.1) is 0 Å². The van der Waals surface area contributed by atoms with E-state index >= 15 is 0 Å². The van der Waals surface area contributed by atoms with Crippen LogP contribution in [0.25, 0.3) is 10.4 Å². The van der Waals surface area contributed by atoms with Crippen molar-refractivity contribution in [1.82, 2.24) is 0 Å². The molecule has 1 aromatic carbocycles. The molecule has 0 atom stereocenters. The van der Waals surface area contributed by atoms with Crippen LogP contribution >= 0.6 is 0 Å². The Morgan fingerprint density at radius 1 is 1.23 bits per heavy atom. The zero-order valence-electron chi connectivity index (χ0n) is 7.30. The molecule has 1 aromatic rings. The normalized spacial score (nSPS) is 9.85. The molecule has 0 amide bonds. The molecule has 0 aliphatic heterocycles. The van der Waals surface area contributed by atoms with Gasteiger partial charge in [0.25, 0.3) is 0 Å². The molecule has 1 rings (SSSR count). The van der Waals surface area contributed by atoms with Crippen molar-refractivity contribution in [2.24, 2.45) is 5.11 Å². The van der Waals surface area contributed by atoms with Gasteiger partial charge in [0.2, 0.25) is 0 Å². The van der Waals surface area contributed by atoms with E-state index in [9.17, 15) is 0 Å². The third-order valence-corrected chi connectivity index (χ3v) is 1.61. The van der Waals surface area contributed by atoms with Gasteiger partial charge in [-0.05, 0) is 17.5 Å². The Balaban J connectivity index is 2.35. The Bertz CT molecular complexity index is 310. The molecule has 3 heteroatoms. The lowest BCUT2D eigenvalue weighted by molar-refractivity contribution is 1.18. The second-order valence-corrected chi connectivity index (χ2v) is 2.57. The van der Waals surface area contributed by atoms with E-state index in [0.29, 0.717) is 6.54 Å². The summed E-state index contributed by atoms with van der Waals surface area (Å²) in [6.07, 6.45) is 4.76. The zero-order valence-corrected chi connectivity index (χ0v) is 7.30. The summed E-state index contributed by atoms with van der Waals surface area (Å²) < 4.78 is 0. The minimum atomic E-state index is 0.434. The van der Waals surface area contributed by atoms with Crippen LogP contribution in [0.3, 0.4) is 0 Å². The van der Waals surface area contributed by atoms with Gasteiger partial charge in [-0.1, -0.05) is 47.6 Å². The van der Waals surface area contributed by atoms with Gasteiger partial charge < -0.3 is 0 Å². The Kier molecular flexibility index (Phi) is 4.22. The van der Waals surface area contributed by atoms with Crippen molar-refractivity contribution in [3.05, 3.63) is 58.5 Å². The minimum absolute atomic E-state index is 0.434. The zero-order chi connectivity index (χ0) is 9.36. The van der Waals surface area contributed by atoms with Crippen LogP contribution in [0.4, 0.5) is 0 Å². The van der Waals surface area contributed by atoms with E-state index in [1.807, 2.05) is 30.4 Å². The first-order valence-electron chi connectivity index (χ1n) is 4.13. The lowest BCUT2D eigenvalue weighted by Crippen LogP contribution is -1.78. The van der Waals surface area contributed by atoms with E-state index in [1.165, 1.54) is 5.56 Å². The molecular formula is C10H11N3. The van der Waals surface area contributed by atoms with Gasteiger partial charge in [0, 0.05) is 11.5 Å². The maximum absolute atomic E-state index is 8.01. The fourth-order valence-corrected chi connectivity index (χ4v) is 0.992. The Hall–Kier alpha value is -1.73. The van der Waals surface area contributed by atoms with Gasteiger partial charge in [-0.15, -0.1) is 0 Å². The van der Waals surface area contributed by atoms with Gasteiger partial charge in [0.1, 0.15) is 0 Å². The second-order valence-electron chi connectivity index (χ2n) is 2.57. The van der Waals surface area contributed by atoms with Gasteiger partial charge in [-0.3, -0.25) is 0 Å². The van der Waals surface area contributed by atoms with E-state index in [-0.39, 0.29) is 0 Å². The molecule has 0 saturated carbocycles. The topological polar surface area (TPSA) is 48.8 Å². The Labute approximate surface area is 77.3 Å². The highest BCUT2D eigenvalue weighted by atomic mass is 15.1. The predicted molar refractivity (Wildman–Crippen MR) is 53.3 cm³/mol. The van der Waals surface area contributed by atoms with Gasteiger partial charge in [0.15, 0.2) is 0 Å². The molecule has 66 valence electrons. The molecule has 0 bridgehead atoms. The predicted octanol–water partition coefficient (Wildman–Crippen LogP) is 3.10. The van der Waals surface area contributed by atoms with Crippen LogP contribution in [-0.2, 0) is 6.42 Å². The average molecular weight is 173 g/mol. The number of benzene rings is 1. The van der Waals surface area contributed by atoms with Gasteiger partial charge in [-0.25, -0.2) is 0 Å². The highest BCUT2D eigenvalue weighted by Crippen LogP contribution is 1.99. The van der Waals surface area contributed by atoms with Gasteiger partial charge >= 0.3 is 0 Å². The molecular weight excluding hydrogens is 162 g/mol. The van der Waals surface area contributed by atoms with Crippen molar-refractivity contribution in [2.75, 3.05) is 6.54 Å². The third-order valence-electron chi connectivity index (χ3n) is 1.61. The number of allylic oxidation sites excluding steroid dienone is 1. The van der Waals surface area contributed by atoms with E-state index in [4.69, 9.17) is 5.53 Å². The van der Waals surface area contributed by atoms with Gasteiger partial charge in [-0.2, -0.15) is 0 Å². The molecule has 0 radical (unpaired) electrons. The largest absolute Gasteiger partial charge is 0.0899 e. The number of hydrogen-bond acceptors (Lipinski definition) is 1. The second kappa shape index (κ2) is 5.86. The van der Waals surface area contributed by atoms with Crippen molar-refractivity contribution < 1.29 is 0 Å². The summed E-state index contributed by atoms with van der Waals surface area (Å²) >= 11 is 0. The van der Waals surface area contributed by atoms with Crippen LogP contribution in [0.5, 0.6) is 0 Å². The van der Waals surface area contributed by atoms with E-state index in [0.717, 1.165) is 6.42 Å². The SMILES string of the molecule is [N-]=[N+]=NC/C=C/Cc1ccccc1. The molecule has 0 aliphatic rings. The molecule has 0 N–H and O–H groups in total. The van der Waals surface area contributed by atoms with Crippen molar-refractivity contribution in [3.8, 4) is 0 Å². The summed E-state index contributed by atoms with van der Waals surface area (Å²) in [6.45, 7) is 0.434. The van der Waals surface area contributed by atoms with E-state index < -0.39 is 0 Å². The van der Waals surface area contributed by atoms with Crippen molar-refractivity contribution >= 4 is 0 Å². The first-order chi connectivity index (χ1) is 6.43. The molecule has 0 aromatic heterocycles. The van der Waals surface area contributed by atoms with Crippen molar-refractivity contribution in [3.63, 3.8) is 0 Å². The number of azide groups is 1. The summed E-state index contributed by atoms with van der Waals surface area (Å²) in [4.78, 5) is 2.65. The fraction of sp³-hybridized carbons (Fsp3) is 0.200. The maximum Gasteiger partial charge on any atom is 0.0440 e. The number of hydrogen-bond donors (Lipinski definition) is 0. The minimum Gasteiger partial charge on any atom is -0.0899 e.